The zero-order valence-corrected chi connectivity index (χ0v) is 25.9. The molecule has 3 amide bonds. The molecule has 0 atom stereocenters. The number of aryl methyl sites for hydroxylation is 1. The van der Waals surface area contributed by atoms with Crippen molar-refractivity contribution >= 4 is 34.9 Å². The number of urea groups is 1. The van der Waals surface area contributed by atoms with E-state index < -0.39 is 5.97 Å². The number of amides is 3. The Morgan fingerprint density at radius 2 is 1.62 bits per heavy atom. The van der Waals surface area contributed by atoms with Crippen LogP contribution >= 0.6 is 11.3 Å². The van der Waals surface area contributed by atoms with Gasteiger partial charge in [-0.05, 0) is 80.8 Å². The molecular weight excluding hydrogens is 554 g/mol. The maximum Gasteiger partial charge on any atom is 0.338 e. The van der Waals surface area contributed by atoms with Gasteiger partial charge in [-0.25, -0.2) is 9.59 Å². The number of anilines is 1. The van der Waals surface area contributed by atoms with Gasteiger partial charge in [0.1, 0.15) is 6.54 Å². The van der Waals surface area contributed by atoms with Crippen molar-refractivity contribution in [3.05, 3.63) is 75.5 Å². The molecule has 0 radical (unpaired) electrons. The van der Waals surface area contributed by atoms with Crippen molar-refractivity contribution in [2.24, 2.45) is 0 Å². The van der Waals surface area contributed by atoms with Crippen LogP contribution in [0.2, 0.25) is 0 Å². The largest absolute Gasteiger partial charge is 0.493 e. The minimum absolute atomic E-state index is 0.0525. The van der Waals surface area contributed by atoms with Crippen LogP contribution < -0.4 is 14.8 Å². The highest BCUT2D eigenvalue weighted by Gasteiger charge is 2.22. The first-order chi connectivity index (χ1) is 20.3. The number of nitrogens with one attached hydrogen (secondary N) is 1. The lowest BCUT2D eigenvalue weighted by atomic mass is 10.1. The fourth-order valence-corrected chi connectivity index (χ4v) is 5.23. The van der Waals surface area contributed by atoms with Gasteiger partial charge in [-0.15, -0.1) is 11.3 Å². The average molecular weight is 596 g/mol. The first-order valence-corrected chi connectivity index (χ1v) is 15.0. The molecule has 0 fully saturated rings. The lowest BCUT2D eigenvalue weighted by molar-refractivity contribution is -0.132. The van der Waals surface area contributed by atoms with Gasteiger partial charge >= 0.3 is 12.0 Å². The molecular formula is C32H41N3O6S. The number of carbonyl (C=O) groups is 3. The summed E-state index contributed by atoms with van der Waals surface area (Å²) in [6.07, 6.45) is 2.26. The highest BCUT2D eigenvalue weighted by atomic mass is 32.1. The molecule has 0 saturated heterocycles. The van der Waals surface area contributed by atoms with E-state index in [1.54, 1.807) is 61.6 Å². The van der Waals surface area contributed by atoms with Crippen LogP contribution in [-0.4, -0.2) is 68.2 Å². The minimum Gasteiger partial charge on any atom is -0.493 e. The molecule has 2 aromatic carbocycles. The van der Waals surface area contributed by atoms with Crippen LogP contribution in [0.25, 0.3) is 0 Å². The number of ether oxygens (including phenoxy) is 3. The summed E-state index contributed by atoms with van der Waals surface area (Å²) in [5, 5.41) is 2.87. The van der Waals surface area contributed by atoms with Gasteiger partial charge in [-0.3, -0.25) is 4.79 Å². The third-order valence-electron chi connectivity index (χ3n) is 6.66. The summed E-state index contributed by atoms with van der Waals surface area (Å²) in [6.45, 7) is 7.44. The second-order valence-corrected chi connectivity index (χ2v) is 11.1. The molecule has 0 saturated carbocycles. The number of rotatable bonds is 15. The van der Waals surface area contributed by atoms with Gasteiger partial charge < -0.3 is 29.3 Å². The van der Waals surface area contributed by atoms with Gasteiger partial charge in [-0.2, -0.15) is 0 Å². The van der Waals surface area contributed by atoms with Crippen molar-refractivity contribution in [2.75, 3.05) is 45.8 Å². The summed E-state index contributed by atoms with van der Waals surface area (Å²) >= 11 is 1.66. The number of carbonyl (C=O) groups excluding carboxylic acids is 3. The number of thiophene rings is 1. The quantitative estimate of drug-likeness (QED) is 0.212. The Morgan fingerprint density at radius 3 is 2.24 bits per heavy atom. The van der Waals surface area contributed by atoms with E-state index in [9.17, 15) is 14.4 Å². The summed E-state index contributed by atoms with van der Waals surface area (Å²) < 4.78 is 15.8. The molecule has 9 nitrogen and oxygen atoms in total. The minimum atomic E-state index is -0.417. The van der Waals surface area contributed by atoms with Crippen LogP contribution in [0.5, 0.6) is 11.5 Å². The van der Waals surface area contributed by atoms with E-state index in [0.29, 0.717) is 48.8 Å². The Labute approximate surface area is 252 Å². The van der Waals surface area contributed by atoms with Crippen LogP contribution in [0.3, 0.4) is 0 Å². The molecule has 0 aliphatic heterocycles. The molecule has 0 spiro atoms. The molecule has 3 rings (SSSR count). The fourth-order valence-electron chi connectivity index (χ4n) is 4.32. The monoisotopic (exact) mass is 595 g/mol. The standard InChI is InChI=1S/C32H41N3O6S/c1-6-8-18-35(32(38)33-26-13-11-25(12-14-26)31(37)41-7-2)22-30(36)34(21-27-15-9-23(3)42-27)19-17-24-10-16-28(39-4)29(20-24)40-5/h9-16,20H,6-8,17-19,21-22H2,1-5H3,(H,33,38). The van der Waals surface area contributed by atoms with Crippen molar-refractivity contribution < 1.29 is 28.6 Å². The first kappa shape index (κ1) is 32.5. The third-order valence-corrected chi connectivity index (χ3v) is 7.64. The second-order valence-electron chi connectivity index (χ2n) is 9.77. The Balaban J connectivity index is 1.74. The Kier molecular flexibility index (Phi) is 12.7. The van der Waals surface area contributed by atoms with E-state index >= 15 is 0 Å². The SMILES string of the molecule is CCCCN(CC(=O)N(CCc1ccc(OC)c(OC)c1)Cc1ccc(C)s1)C(=O)Nc1ccc(C(=O)OCC)cc1. The zero-order chi connectivity index (χ0) is 30.5. The van der Waals surface area contributed by atoms with Crippen LogP contribution in [0.1, 0.15) is 52.4 Å². The van der Waals surface area contributed by atoms with Crippen molar-refractivity contribution in [2.45, 2.75) is 46.6 Å². The maximum atomic E-state index is 13.7. The zero-order valence-electron chi connectivity index (χ0n) is 25.1. The van der Waals surface area contributed by atoms with E-state index in [4.69, 9.17) is 14.2 Å². The van der Waals surface area contributed by atoms with Crippen LogP contribution in [0.15, 0.2) is 54.6 Å². The van der Waals surface area contributed by atoms with E-state index in [1.807, 2.05) is 49.1 Å². The second kappa shape index (κ2) is 16.4. The molecule has 1 heterocycles. The summed E-state index contributed by atoms with van der Waals surface area (Å²) in [7, 11) is 3.20. The predicted molar refractivity (Wildman–Crippen MR) is 166 cm³/mol. The summed E-state index contributed by atoms with van der Waals surface area (Å²) in [4.78, 5) is 44.6. The Hall–Kier alpha value is -4.05. The van der Waals surface area contributed by atoms with Crippen LogP contribution in [-0.2, 0) is 22.5 Å². The number of hydrogen-bond acceptors (Lipinski definition) is 7. The van der Waals surface area contributed by atoms with E-state index in [-0.39, 0.29) is 25.1 Å². The molecule has 10 heteroatoms. The summed E-state index contributed by atoms with van der Waals surface area (Å²) in [6, 6.07) is 16.0. The number of esters is 1. The molecule has 3 aromatic rings. The number of hydrogen-bond donors (Lipinski definition) is 1. The van der Waals surface area contributed by atoms with E-state index in [2.05, 4.69) is 5.32 Å². The smallest absolute Gasteiger partial charge is 0.338 e. The molecule has 1 aromatic heterocycles. The predicted octanol–water partition coefficient (Wildman–Crippen LogP) is 6.16. The van der Waals surface area contributed by atoms with Crippen molar-refractivity contribution in [3.63, 3.8) is 0 Å². The molecule has 0 aliphatic rings. The molecule has 0 unspecified atom stereocenters. The molecule has 0 aliphatic carbocycles. The molecule has 226 valence electrons. The Morgan fingerprint density at radius 1 is 0.881 bits per heavy atom. The van der Waals surface area contributed by atoms with Gasteiger partial charge in [0, 0.05) is 28.5 Å². The van der Waals surface area contributed by atoms with E-state index in [0.717, 1.165) is 23.3 Å². The number of unbranched alkanes of at least 4 members (excludes halogenated alkanes) is 1. The molecule has 0 bridgehead atoms. The van der Waals surface area contributed by atoms with Crippen molar-refractivity contribution in [1.29, 1.82) is 0 Å². The van der Waals surface area contributed by atoms with Crippen molar-refractivity contribution in [1.82, 2.24) is 9.80 Å². The average Bonchev–Trinajstić information content (AvgIpc) is 3.41. The topological polar surface area (TPSA) is 97.4 Å². The Bertz CT molecular complexity index is 1320. The molecule has 42 heavy (non-hydrogen) atoms. The van der Waals surface area contributed by atoms with E-state index in [1.165, 1.54) is 4.88 Å². The lowest BCUT2D eigenvalue weighted by Gasteiger charge is -2.28. The van der Waals surface area contributed by atoms with Crippen LogP contribution in [0, 0.1) is 6.92 Å². The molecule has 1 N–H and O–H groups in total. The maximum absolute atomic E-state index is 13.7. The number of benzene rings is 2. The van der Waals surface area contributed by atoms with Gasteiger partial charge in [-0.1, -0.05) is 19.4 Å². The van der Waals surface area contributed by atoms with Crippen LogP contribution in [0.4, 0.5) is 10.5 Å². The highest BCUT2D eigenvalue weighted by molar-refractivity contribution is 7.11. The fraction of sp³-hybridized carbons (Fsp3) is 0.406. The van der Waals surface area contributed by atoms with Crippen molar-refractivity contribution in [3.8, 4) is 11.5 Å². The van der Waals surface area contributed by atoms with Gasteiger partial charge in [0.2, 0.25) is 5.91 Å². The summed E-state index contributed by atoms with van der Waals surface area (Å²) in [5.74, 6) is 0.737. The van der Waals surface area contributed by atoms with Gasteiger partial charge in [0.15, 0.2) is 11.5 Å². The first-order valence-electron chi connectivity index (χ1n) is 14.1. The summed E-state index contributed by atoms with van der Waals surface area (Å²) in [5.41, 5.74) is 1.95. The van der Waals surface area contributed by atoms with Gasteiger partial charge in [0.25, 0.3) is 0 Å². The van der Waals surface area contributed by atoms with Gasteiger partial charge in [0.05, 0.1) is 32.9 Å². The number of nitrogens with zero attached hydrogens (tertiary/aromatic N) is 2. The lowest BCUT2D eigenvalue weighted by Crippen LogP contribution is -2.45. The highest BCUT2D eigenvalue weighted by Crippen LogP contribution is 2.28. The normalized spacial score (nSPS) is 10.6. The number of methoxy groups -OCH3 is 2. The third kappa shape index (κ3) is 9.51.